The van der Waals surface area contributed by atoms with E-state index in [1.807, 2.05) is 65.6 Å². The summed E-state index contributed by atoms with van der Waals surface area (Å²) in [5, 5.41) is 4.69. The van der Waals surface area contributed by atoms with Gasteiger partial charge in [0, 0.05) is 25.0 Å². The first-order valence-electron chi connectivity index (χ1n) is 11.1. The molecule has 32 heavy (non-hydrogen) atoms. The van der Waals surface area contributed by atoms with Crippen molar-refractivity contribution >= 4 is 5.91 Å². The van der Waals surface area contributed by atoms with Crippen molar-refractivity contribution in [2.24, 2.45) is 0 Å². The maximum Gasteiger partial charge on any atom is 0.332 e. The van der Waals surface area contributed by atoms with Gasteiger partial charge in [0.05, 0.1) is 13.0 Å². The van der Waals surface area contributed by atoms with E-state index in [2.05, 4.69) is 5.10 Å². The highest BCUT2D eigenvalue weighted by Crippen LogP contribution is 2.41. The second kappa shape index (κ2) is 8.22. The Morgan fingerprint density at radius 2 is 1.41 bits per heavy atom. The molecular formula is C25H26N4O3. The van der Waals surface area contributed by atoms with Gasteiger partial charge in [-0.3, -0.25) is 19.0 Å². The van der Waals surface area contributed by atoms with Crippen LogP contribution in [0.1, 0.15) is 36.2 Å². The molecule has 2 aliphatic rings. The Morgan fingerprint density at radius 1 is 0.812 bits per heavy atom. The zero-order valence-electron chi connectivity index (χ0n) is 17.9. The molecule has 7 nitrogen and oxygen atoms in total. The van der Waals surface area contributed by atoms with Crippen LogP contribution in [0.3, 0.4) is 0 Å². The summed E-state index contributed by atoms with van der Waals surface area (Å²) >= 11 is 0. The van der Waals surface area contributed by atoms with Crippen molar-refractivity contribution in [2.75, 3.05) is 13.1 Å². The van der Waals surface area contributed by atoms with Gasteiger partial charge in [0.1, 0.15) is 5.82 Å². The topological polar surface area (TPSA) is 77.2 Å². The Balaban J connectivity index is 1.36. The van der Waals surface area contributed by atoms with Crippen LogP contribution in [-0.4, -0.2) is 38.2 Å². The van der Waals surface area contributed by atoms with Gasteiger partial charge in [0.25, 0.3) is 0 Å². The van der Waals surface area contributed by atoms with Gasteiger partial charge in [-0.05, 0) is 30.4 Å². The third kappa shape index (κ3) is 3.68. The first kappa shape index (κ1) is 20.4. The van der Waals surface area contributed by atoms with Crippen molar-refractivity contribution in [1.82, 2.24) is 19.2 Å². The number of hydrogen-bond donors (Lipinski definition) is 0. The number of fused-ring (bicyclic) bond motifs is 2. The van der Waals surface area contributed by atoms with E-state index >= 15 is 0 Å². The molecule has 0 saturated carbocycles. The quantitative estimate of drug-likeness (QED) is 0.593. The number of amides is 1. The molecule has 3 heterocycles. The standard InChI is InChI=1S/C25H26N4O3/c30-21(17-19-7-3-1-4-8-19)27-14-11-25(12-15-27)13-16-28-22(31)23(32)29(26-24(25)28)18-20-9-5-2-6-10-20/h1-10H,11-18H2. The molecule has 1 aromatic heterocycles. The number of aromatic nitrogens is 3. The number of carbonyl (C=O) groups is 1. The minimum Gasteiger partial charge on any atom is -0.342 e. The first-order chi connectivity index (χ1) is 15.6. The summed E-state index contributed by atoms with van der Waals surface area (Å²) in [4.78, 5) is 40.1. The van der Waals surface area contributed by atoms with E-state index in [1.165, 1.54) is 4.68 Å². The van der Waals surface area contributed by atoms with Crippen LogP contribution in [0, 0.1) is 0 Å². The maximum absolute atomic E-state index is 12.8. The average Bonchev–Trinajstić information content (AvgIpc) is 3.16. The van der Waals surface area contributed by atoms with Gasteiger partial charge in [0.15, 0.2) is 0 Å². The van der Waals surface area contributed by atoms with Crippen molar-refractivity contribution < 1.29 is 4.79 Å². The van der Waals surface area contributed by atoms with Crippen molar-refractivity contribution in [3.63, 3.8) is 0 Å². The Hall–Kier alpha value is -3.48. The zero-order chi connectivity index (χ0) is 22.1. The summed E-state index contributed by atoms with van der Waals surface area (Å²) in [6.07, 6.45) is 2.69. The highest BCUT2D eigenvalue weighted by molar-refractivity contribution is 5.78. The summed E-state index contributed by atoms with van der Waals surface area (Å²) in [6.45, 7) is 2.07. The van der Waals surface area contributed by atoms with Crippen molar-refractivity contribution in [1.29, 1.82) is 0 Å². The Morgan fingerprint density at radius 3 is 2.06 bits per heavy atom. The molecular weight excluding hydrogens is 404 g/mol. The minimum absolute atomic E-state index is 0.128. The molecule has 1 fully saturated rings. The third-order valence-electron chi connectivity index (χ3n) is 6.87. The summed E-state index contributed by atoms with van der Waals surface area (Å²) in [5.74, 6) is 0.830. The monoisotopic (exact) mass is 430 g/mol. The summed E-state index contributed by atoms with van der Waals surface area (Å²) < 4.78 is 2.87. The van der Waals surface area contributed by atoms with Crippen LogP contribution >= 0.6 is 0 Å². The summed E-state index contributed by atoms with van der Waals surface area (Å²) in [7, 11) is 0. The molecule has 0 N–H and O–H groups in total. The number of carbonyl (C=O) groups excluding carboxylic acids is 1. The maximum atomic E-state index is 12.8. The molecule has 0 unspecified atom stereocenters. The number of rotatable bonds is 4. The van der Waals surface area contributed by atoms with Crippen LogP contribution in [0.5, 0.6) is 0 Å². The summed E-state index contributed by atoms with van der Waals surface area (Å²) in [5.41, 5.74) is 0.618. The van der Waals surface area contributed by atoms with Gasteiger partial charge in [-0.1, -0.05) is 60.7 Å². The lowest BCUT2D eigenvalue weighted by atomic mass is 9.76. The Bertz CT molecular complexity index is 1240. The van der Waals surface area contributed by atoms with Gasteiger partial charge in [-0.2, -0.15) is 5.10 Å². The highest BCUT2D eigenvalue weighted by Gasteiger charge is 2.45. The Kier molecular flexibility index (Phi) is 5.25. The van der Waals surface area contributed by atoms with Crippen molar-refractivity contribution in [2.45, 2.75) is 44.2 Å². The van der Waals surface area contributed by atoms with E-state index in [1.54, 1.807) is 4.57 Å². The van der Waals surface area contributed by atoms with Crippen LogP contribution in [0.4, 0.5) is 0 Å². The fourth-order valence-corrected chi connectivity index (χ4v) is 4.98. The van der Waals surface area contributed by atoms with Crippen molar-refractivity contribution in [3.05, 3.63) is 98.3 Å². The predicted molar refractivity (Wildman–Crippen MR) is 121 cm³/mol. The van der Waals surface area contributed by atoms with E-state index in [4.69, 9.17) is 0 Å². The molecule has 0 radical (unpaired) electrons. The zero-order valence-corrected chi connectivity index (χ0v) is 17.9. The van der Waals surface area contributed by atoms with Gasteiger partial charge in [-0.25, -0.2) is 4.68 Å². The minimum atomic E-state index is -0.579. The molecule has 1 saturated heterocycles. The summed E-state index contributed by atoms with van der Waals surface area (Å²) in [6, 6.07) is 19.4. The van der Waals surface area contributed by atoms with E-state index < -0.39 is 11.1 Å². The van der Waals surface area contributed by atoms with E-state index in [-0.39, 0.29) is 17.9 Å². The van der Waals surface area contributed by atoms with Crippen LogP contribution < -0.4 is 11.1 Å². The number of likely N-dealkylation sites (tertiary alicyclic amines) is 1. The lowest BCUT2D eigenvalue weighted by Gasteiger charge is -2.38. The smallest absolute Gasteiger partial charge is 0.332 e. The van der Waals surface area contributed by atoms with Gasteiger partial charge < -0.3 is 4.90 Å². The fraction of sp³-hybridized carbons (Fsp3) is 0.360. The highest BCUT2D eigenvalue weighted by atomic mass is 16.2. The largest absolute Gasteiger partial charge is 0.342 e. The van der Waals surface area contributed by atoms with Gasteiger partial charge in [0.2, 0.25) is 5.91 Å². The van der Waals surface area contributed by atoms with Gasteiger partial charge in [-0.15, -0.1) is 0 Å². The lowest BCUT2D eigenvalue weighted by molar-refractivity contribution is -0.132. The normalized spacial score (nSPS) is 16.8. The second-order valence-electron chi connectivity index (χ2n) is 8.80. The van der Waals surface area contributed by atoms with E-state index in [9.17, 15) is 14.4 Å². The average molecular weight is 431 g/mol. The van der Waals surface area contributed by atoms with E-state index in [0.717, 1.165) is 30.4 Å². The molecule has 2 aromatic carbocycles. The molecule has 3 aromatic rings. The SMILES string of the molecule is O=C(Cc1ccccc1)N1CCC2(CC1)CCn1c2nn(Cc2ccccc2)c(=O)c1=O. The number of piperidine rings is 1. The molecule has 1 amide bonds. The molecule has 5 rings (SSSR count). The Labute approximate surface area is 185 Å². The van der Waals surface area contributed by atoms with E-state index in [0.29, 0.717) is 31.9 Å². The molecule has 0 atom stereocenters. The molecule has 1 spiro atoms. The van der Waals surface area contributed by atoms with Crippen LogP contribution in [0.15, 0.2) is 70.3 Å². The molecule has 0 aliphatic carbocycles. The van der Waals surface area contributed by atoms with Crippen LogP contribution in [0.25, 0.3) is 0 Å². The molecule has 7 heteroatoms. The second-order valence-corrected chi connectivity index (χ2v) is 8.80. The number of benzene rings is 2. The lowest BCUT2D eigenvalue weighted by Crippen LogP contribution is -2.48. The van der Waals surface area contributed by atoms with Crippen LogP contribution in [0.2, 0.25) is 0 Å². The molecule has 0 bridgehead atoms. The third-order valence-corrected chi connectivity index (χ3v) is 6.87. The molecule has 164 valence electrons. The van der Waals surface area contributed by atoms with Gasteiger partial charge >= 0.3 is 11.1 Å². The molecule has 2 aliphatic heterocycles. The van der Waals surface area contributed by atoms with Crippen molar-refractivity contribution in [3.8, 4) is 0 Å². The number of nitrogens with zero attached hydrogens (tertiary/aromatic N) is 4. The van der Waals surface area contributed by atoms with Crippen LogP contribution in [-0.2, 0) is 29.7 Å². The fourth-order valence-electron chi connectivity index (χ4n) is 4.98. The number of hydrogen-bond acceptors (Lipinski definition) is 4. The first-order valence-corrected chi connectivity index (χ1v) is 11.1. The predicted octanol–water partition coefficient (Wildman–Crippen LogP) is 1.96.